The van der Waals surface area contributed by atoms with E-state index in [1.165, 1.54) is 0 Å². The average molecular weight is 256 g/mol. The van der Waals surface area contributed by atoms with Crippen LogP contribution in [0.1, 0.15) is 12.8 Å². The molecule has 8 heteroatoms. The van der Waals surface area contributed by atoms with Gasteiger partial charge in [-0.1, -0.05) is 0 Å². The third-order valence-electron chi connectivity index (χ3n) is 2.51. The number of hydrogen-bond acceptors (Lipinski definition) is 5. The van der Waals surface area contributed by atoms with Gasteiger partial charge in [0.25, 0.3) is 0 Å². The van der Waals surface area contributed by atoms with E-state index in [0.717, 1.165) is 0 Å². The Morgan fingerprint density at radius 3 is 2.78 bits per heavy atom. The second-order valence-corrected chi connectivity index (χ2v) is 3.83. The van der Waals surface area contributed by atoms with Crippen molar-refractivity contribution in [2.75, 3.05) is 11.1 Å². The third-order valence-corrected chi connectivity index (χ3v) is 2.51. The smallest absolute Gasteiger partial charge is 0.249 e. The second kappa shape index (κ2) is 4.55. The average Bonchev–Trinajstić information content (AvgIpc) is 2.29. The van der Waals surface area contributed by atoms with Crippen LogP contribution in [0.15, 0.2) is 6.07 Å². The van der Waals surface area contributed by atoms with Gasteiger partial charge in [-0.05, 0) is 6.42 Å². The summed E-state index contributed by atoms with van der Waals surface area (Å²) < 4.78 is 26.3. The van der Waals surface area contributed by atoms with Crippen molar-refractivity contribution in [2.45, 2.75) is 18.9 Å². The van der Waals surface area contributed by atoms with Crippen molar-refractivity contribution in [1.82, 2.24) is 10.3 Å². The Bertz CT molecular complexity index is 521. The predicted octanol–water partition coefficient (Wildman–Crippen LogP) is 0.159. The molecule has 4 N–H and O–H groups in total. The van der Waals surface area contributed by atoms with E-state index < -0.39 is 29.4 Å². The zero-order valence-electron chi connectivity index (χ0n) is 9.17. The normalized spacial score (nSPS) is 19.6. The number of nitrogens with two attached hydrogens (primary N) is 1. The van der Waals surface area contributed by atoms with Gasteiger partial charge in [0.2, 0.25) is 11.8 Å². The second-order valence-electron chi connectivity index (χ2n) is 3.83. The Morgan fingerprint density at radius 1 is 1.39 bits per heavy atom. The number of halogens is 2. The molecule has 6 nitrogen and oxygen atoms in total. The van der Waals surface area contributed by atoms with Crippen LogP contribution in [-0.4, -0.2) is 22.8 Å². The van der Waals surface area contributed by atoms with Crippen LogP contribution in [0.25, 0.3) is 0 Å². The summed E-state index contributed by atoms with van der Waals surface area (Å²) in [4.78, 5) is 25.8. The van der Waals surface area contributed by atoms with Crippen molar-refractivity contribution in [1.29, 1.82) is 0 Å². The molecule has 1 aliphatic rings. The minimum Gasteiger partial charge on any atom is -0.381 e. The number of nitrogens with one attached hydrogen (secondary N) is 2. The SMILES string of the molecule is Nc1nc(NC2CCC(=O)NC2=O)c(F)cc1F. The van der Waals surface area contributed by atoms with Crippen LogP contribution in [0.4, 0.5) is 20.4 Å². The van der Waals surface area contributed by atoms with Crippen molar-refractivity contribution in [3.05, 3.63) is 17.7 Å². The van der Waals surface area contributed by atoms with Gasteiger partial charge in [0.05, 0.1) is 0 Å². The number of hydrogen-bond donors (Lipinski definition) is 3. The molecule has 96 valence electrons. The summed E-state index contributed by atoms with van der Waals surface area (Å²) in [5.41, 5.74) is 5.20. The molecular weight excluding hydrogens is 246 g/mol. The van der Waals surface area contributed by atoms with Crippen molar-refractivity contribution in [3.8, 4) is 0 Å². The first-order chi connectivity index (χ1) is 8.47. The molecule has 0 saturated carbocycles. The molecule has 1 aliphatic heterocycles. The number of aromatic nitrogens is 1. The maximum absolute atomic E-state index is 13.4. The summed E-state index contributed by atoms with van der Waals surface area (Å²) in [6, 6.07) is -0.217. The van der Waals surface area contributed by atoms with Gasteiger partial charge in [-0.25, -0.2) is 13.8 Å². The fourth-order valence-corrected chi connectivity index (χ4v) is 1.58. The predicted molar refractivity (Wildman–Crippen MR) is 58.4 cm³/mol. The zero-order valence-corrected chi connectivity index (χ0v) is 9.17. The highest BCUT2D eigenvalue weighted by Crippen LogP contribution is 2.19. The number of pyridine rings is 1. The molecule has 0 bridgehead atoms. The van der Waals surface area contributed by atoms with Crippen molar-refractivity contribution in [3.63, 3.8) is 0 Å². The first-order valence-corrected chi connectivity index (χ1v) is 5.19. The fourth-order valence-electron chi connectivity index (χ4n) is 1.58. The number of nitrogen functional groups attached to an aromatic ring is 1. The molecule has 0 spiro atoms. The molecule has 1 unspecified atom stereocenters. The number of amides is 2. The number of carbonyl (C=O) groups excluding carboxylic acids is 2. The van der Waals surface area contributed by atoms with Crippen LogP contribution >= 0.6 is 0 Å². The van der Waals surface area contributed by atoms with Crippen molar-refractivity contribution in [2.24, 2.45) is 0 Å². The number of anilines is 2. The van der Waals surface area contributed by atoms with Gasteiger partial charge in [-0.15, -0.1) is 0 Å². The molecule has 1 aromatic rings. The van der Waals surface area contributed by atoms with Crippen LogP contribution in [0, 0.1) is 11.6 Å². The van der Waals surface area contributed by atoms with E-state index in [-0.39, 0.29) is 24.6 Å². The van der Waals surface area contributed by atoms with Crippen LogP contribution in [0.2, 0.25) is 0 Å². The molecule has 0 radical (unpaired) electrons. The Morgan fingerprint density at radius 2 is 2.11 bits per heavy atom. The van der Waals surface area contributed by atoms with E-state index >= 15 is 0 Å². The lowest BCUT2D eigenvalue weighted by atomic mass is 10.1. The Kier molecular flexibility index (Phi) is 3.09. The third kappa shape index (κ3) is 2.36. The Labute approximate surface area is 101 Å². The molecule has 0 aromatic carbocycles. The van der Waals surface area contributed by atoms with E-state index in [1.807, 2.05) is 0 Å². The lowest BCUT2D eigenvalue weighted by molar-refractivity contribution is -0.133. The molecule has 1 aromatic heterocycles. The maximum Gasteiger partial charge on any atom is 0.249 e. The van der Waals surface area contributed by atoms with Crippen LogP contribution in [-0.2, 0) is 9.59 Å². The Hall–Kier alpha value is -2.25. The van der Waals surface area contributed by atoms with Gasteiger partial charge in [-0.3, -0.25) is 14.9 Å². The van der Waals surface area contributed by atoms with E-state index in [0.29, 0.717) is 6.07 Å². The van der Waals surface area contributed by atoms with E-state index in [1.54, 1.807) is 0 Å². The van der Waals surface area contributed by atoms with Gasteiger partial charge in [0.1, 0.15) is 6.04 Å². The molecule has 0 aliphatic carbocycles. The first kappa shape index (κ1) is 12.2. The van der Waals surface area contributed by atoms with E-state index in [2.05, 4.69) is 15.6 Å². The highest BCUT2D eigenvalue weighted by Gasteiger charge is 2.27. The molecule has 1 atom stereocenters. The van der Waals surface area contributed by atoms with Gasteiger partial charge >= 0.3 is 0 Å². The highest BCUT2D eigenvalue weighted by atomic mass is 19.1. The van der Waals surface area contributed by atoms with Crippen LogP contribution in [0.5, 0.6) is 0 Å². The van der Waals surface area contributed by atoms with Crippen LogP contribution in [0.3, 0.4) is 0 Å². The number of piperidine rings is 1. The summed E-state index contributed by atoms with van der Waals surface area (Å²) >= 11 is 0. The summed E-state index contributed by atoms with van der Waals surface area (Å²) in [5.74, 6) is -3.66. The summed E-state index contributed by atoms with van der Waals surface area (Å²) in [7, 11) is 0. The van der Waals surface area contributed by atoms with Gasteiger partial charge in [0, 0.05) is 12.5 Å². The molecule has 2 rings (SSSR count). The minimum absolute atomic E-state index is 0.141. The lowest BCUT2D eigenvalue weighted by Crippen LogP contribution is -2.47. The van der Waals surface area contributed by atoms with E-state index in [9.17, 15) is 18.4 Å². The summed E-state index contributed by atoms with van der Waals surface area (Å²) in [6.45, 7) is 0. The number of imide groups is 1. The topological polar surface area (TPSA) is 97.1 Å². The molecular formula is C10H10F2N4O2. The Balaban J connectivity index is 2.17. The first-order valence-electron chi connectivity index (χ1n) is 5.19. The minimum atomic E-state index is -0.971. The van der Waals surface area contributed by atoms with Crippen LogP contribution < -0.4 is 16.4 Å². The zero-order chi connectivity index (χ0) is 13.3. The fraction of sp³-hybridized carbons (Fsp3) is 0.300. The molecule has 2 heterocycles. The lowest BCUT2D eigenvalue weighted by Gasteiger charge is -2.22. The maximum atomic E-state index is 13.4. The number of carbonyl (C=O) groups is 2. The van der Waals surface area contributed by atoms with Crippen molar-refractivity contribution >= 4 is 23.5 Å². The molecule has 1 saturated heterocycles. The summed E-state index contributed by atoms with van der Waals surface area (Å²) in [6.07, 6.45) is 0.352. The number of nitrogens with zero attached hydrogens (tertiary/aromatic N) is 1. The highest BCUT2D eigenvalue weighted by molar-refractivity contribution is 6.01. The largest absolute Gasteiger partial charge is 0.381 e. The quantitative estimate of drug-likeness (QED) is 0.655. The van der Waals surface area contributed by atoms with Crippen molar-refractivity contribution < 1.29 is 18.4 Å². The molecule has 18 heavy (non-hydrogen) atoms. The van der Waals surface area contributed by atoms with Gasteiger partial charge in [-0.2, -0.15) is 0 Å². The monoisotopic (exact) mass is 256 g/mol. The van der Waals surface area contributed by atoms with Gasteiger partial charge in [0.15, 0.2) is 23.3 Å². The van der Waals surface area contributed by atoms with E-state index in [4.69, 9.17) is 5.73 Å². The van der Waals surface area contributed by atoms with Gasteiger partial charge < -0.3 is 11.1 Å². The number of rotatable bonds is 2. The standard InChI is InChI=1S/C10H10F2N4O2/c11-4-3-5(12)9(16-8(4)13)14-6-1-2-7(17)15-10(6)18/h3,6H,1-2H2,(H3,13,14,16)(H,15,17,18). The summed E-state index contributed by atoms with van der Waals surface area (Å²) in [5, 5.41) is 4.59. The molecule has 2 amide bonds. The molecule has 1 fully saturated rings.